The van der Waals surface area contributed by atoms with E-state index in [4.69, 9.17) is 5.73 Å². The summed E-state index contributed by atoms with van der Waals surface area (Å²) in [5, 5.41) is 0. The second-order valence-electron chi connectivity index (χ2n) is 7.21. The molecule has 21 heavy (non-hydrogen) atoms. The van der Waals surface area contributed by atoms with Gasteiger partial charge in [-0.2, -0.15) is 0 Å². The summed E-state index contributed by atoms with van der Waals surface area (Å²) in [7, 11) is 0. The first kappa shape index (κ1) is 14.9. The monoisotopic (exact) mass is 286 g/mol. The van der Waals surface area contributed by atoms with Crippen molar-refractivity contribution in [3.8, 4) is 0 Å². The summed E-state index contributed by atoms with van der Waals surface area (Å²) in [6.45, 7) is 6.70. The largest absolute Gasteiger partial charge is 0.364 e. The van der Waals surface area contributed by atoms with Gasteiger partial charge in [-0.15, -0.1) is 0 Å². The van der Waals surface area contributed by atoms with Crippen LogP contribution < -0.4 is 10.6 Å². The first-order chi connectivity index (χ1) is 10.2. The Labute approximate surface area is 129 Å². The number of hydrogen-bond acceptors (Lipinski definition) is 2. The van der Waals surface area contributed by atoms with Crippen LogP contribution in [0.25, 0.3) is 0 Å². The average molecular weight is 286 g/mol. The fraction of sp³-hybridized carbons (Fsp3) is 0.684. The molecule has 0 amide bonds. The van der Waals surface area contributed by atoms with Gasteiger partial charge in [0.05, 0.1) is 5.54 Å². The Hall–Kier alpha value is -1.02. The smallest absolute Gasteiger partial charge is 0.0552 e. The first-order valence-electron chi connectivity index (χ1n) is 8.77. The molecule has 0 spiro atoms. The van der Waals surface area contributed by atoms with E-state index in [9.17, 15) is 0 Å². The number of nitrogens with two attached hydrogens (primary N) is 1. The summed E-state index contributed by atoms with van der Waals surface area (Å²) in [6, 6.07) is 9.00. The Morgan fingerprint density at radius 1 is 1.29 bits per heavy atom. The normalized spacial score (nSPS) is 32.8. The Kier molecular flexibility index (Phi) is 4.26. The molecule has 2 nitrogen and oxygen atoms in total. The van der Waals surface area contributed by atoms with Crippen molar-refractivity contribution in [1.29, 1.82) is 0 Å². The molecule has 1 heterocycles. The summed E-state index contributed by atoms with van der Waals surface area (Å²) < 4.78 is 0. The number of hydrogen-bond donors (Lipinski definition) is 1. The van der Waals surface area contributed by atoms with Gasteiger partial charge in [0, 0.05) is 18.8 Å². The zero-order chi connectivity index (χ0) is 14.9. The molecule has 0 saturated heterocycles. The van der Waals surface area contributed by atoms with Crippen LogP contribution in [-0.4, -0.2) is 18.6 Å². The molecule has 1 aliphatic carbocycles. The van der Waals surface area contributed by atoms with Crippen LogP contribution in [0.15, 0.2) is 24.3 Å². The SMILES string of the molecule is CCC1CCCCC1(CN)N1CC(C)Cc2ccccc21. The zero-order valence-electron chi connectivity index (χ0n) is 13.6. The van der Waals surface area contributed by atoms with E-state index < -0.39 is 0 Å². The molecular formula is C19H30N2. The molecule has 0 radical (unpaired) electrons. The van der Waals surface area contributed by atoms with E-state index in [1.54, 1.807) is 0 Å². The van der Waals surface area contributed by atoms with Gasteiger partial charge in [0.15, 0.2) is 0 Å². The fourth-order valence-electron chi connectivity index (χ4n) is 4.83. The molecule has 0 aromatic heterocycles. The summed E-state index contributed by atoms with van der Waals surface area (Å²) in [6.07, 6.45) is 7.80. The molecule has 1 saturated carbocycles. The molecule has 3 atom stereocenters. The van der Waals surface area contributed by atoms with Gasteiger partial charge in [-0.05, 0) is 42.7 Å². The van der Waals surface area contributed by atoms with Crippen molar-refractivity contribution in [2.24, 2.45) is 17.6 Å². The van der Waals surface area contributed by atoms with Crippen molar-refractivity contribution >= 4 is 5.69 Å². The lowest BCUT2D eigenvalue weighted by Crippen LogP contribution is -2.62. The third-order valence-electron chi connectivity index (χ3n) is 5.90. The number of benzene rings is 1. The summed E-state index contributed by atoms with van der Waals surface area (Å²) in [4.78, 5) is 2.71. The molecule has 2 N–H and O–H groups in total. The topological polar surface area (TPSA) is 29.3 Å². The highest BCUT2D eigenvalue weighted by molar-refractivity contribution is 5.58. The number of anilines is 1. The number of para-hydroxylation sites is 1. The van der Waals surface area contributed by atoms with E-state index in [2.05, 4.69) is 43.0 Å². The number of rotatable bonds is 3. The van der Waals surface area contributed by atoms with Gasteiger partial charge < -0.3 is 10.6 Å². The molecule has 1 aromatic rings. The second kappa shape index (κ2) is 6.00. The molecule has 0 bridgehead atoms. The van der Waals surface area contributed by atoms with Crippen molar-refractivity contribution < 1.29 is 0 Å². The summed E-state index contributed by atoms with van der Waals surface area (Å²) >= 11 is 0. The lowest BCUT2D eigenvalue weighted by atomic mass is 9.69. The first-order valence-corrected chi connectivity index (χ1v) is 8.77. The van der Waals surface area contributed by atoms with Crippen molar-refractivity contribution in [2.75, 3.05) is 18.0 Å². The molecule has 1 fully saturated rings. The second-order valence-corrected chi connectivity index (χ2v) is 7.21. The van der Waals surface area contributed by atoms with E-state index in [0.29, 0.717) is 0 Å². The third-order valence-corrected chi connectivity index (χ3v) is 5.90. The Bertz CT molecular complexity index is 484. The molecule has 1 aromatic carbocycles. The fourth-order valence-corrected chi connectivity index (χ4v) is 4.83. The predicted octanol–water partition coefficient (Wildman–Crippen LogP) is 3.98. The molecule has 1 aliphatic heterocycles. The van der Waals surface area contributed by atoms with Crippen LogP contribution in [0.3, 0.4) is 0 Å². The van der Waals surface area contributed by atoms with Crippen LogP contribution >= 0.6 is 0 Å². The van der Waals surface area contributed by atoms with Crippen LogP contribution in [0.2, 0.25) is 0 Å². The molecule has 116 valence electrons. The van der Waals surface area contributed by atoms with Crippen molar-refractivity contribution in [3.63, 3.8) is 0 Å². The predicted molar refractivity (Wildman–Crippen MR) is 90.7 cm³/mol. The van der Waals surface area contributed by atoms with E-state index in [1.165, 1.54) is 56.3 Å². The summed E-state index contributed by atoms with van der Waals surface area (Å²) in [5.74, 6) is 1.47. The lowest BCUT2D eigenvalue weighted by Gasteiger charge is -2.54. The van der Waals surface area contributed by atoms with Crippen molar-refractivity contribution in [1.82, 2.24) is 0 Å². The van der Waals surface area contributed by atoms with E-state index in [-0.39, 0.29) is 5.54 Å². The summed E-state index contributed by atoms with van der Waals surface area (Å²) in [5.41, 5.74) is 9.57. The maximum Gasteiger partial charge on any atom is 0.0552 e. The lowest BCUT2D eigenvalue weighted by molar-refractivity contribution is 0.168. The minimum absolute atomic E-state index is 0.192. The number of fused-ring (bicyclic) bond motifs is 1. The van der Waals surface area contributed by atoms with E-state index in [0.717, 1.165) is 18.4 Å². The van der Waals surface area contributed by atoms with Gasteiger partial charge in [-0.1, -0.05) is 51.3 Å². The van der Waals surface area contributed by atoms with E-state index >= 15 is 0 Å². The minimum Gasteiger partial charge on any atom is -0.364 e. The van der Waals surface area contributed by atoms with E-state index in [1.807, 2.05) is 0 Å². The Morgan fingerprint density at radius 3 is 2.86 bits per heavy atom. The molecular weight excluding hydrogens is 256 g/mol. The van der Waals surface area contributed by atoms with Crippen LogP contribution in [0.1, 0.15) is 51.5 Å². The van der Waals surface area contributed by atoms with Crippen molar-refractivity contribution in [2.45, 2.75) is 57.9 Å². The highest BCUT2D eigenvalue weighted by atomic mass is 15.2. The standard InChI is InChI=1S/C19H30N2/c1-3-17-9-6-7-11-19(17,14-20)21-13-15(2)12-16-8-4-5-10-18(16)21/h4-5,8,10,15,17H,3,6-7,9,11-14,20H2,1-2H3. The maximum absolute atomic E-state index is 6.40. The van der Waals surface area contributed by atoms with Gasteiger partial charge in [0.1, 0.15) is 0 Å². The van der Waals surface area contributed by atoms with Crippen LogP contribution in [0, 0.1) is 11.8 Å². The molecule has 3 unspecified atom stereocenters. The molecule has 3 rings (SSSR count). The number of nitrogens with zero attached hydrogens (tertiary/aromatic N) is 1. The average Bonchev–Trinajstić information content (AvgIpc) is 2.53. The van der Waals surface area contributed by atoms with Gasteiger partial charge in [-0.25, -0.2) is 0 Å². The van der Waals surface area contributed by atoms with Crippen LogP contribution in [-0.2, 0) is 6.42 Å². The quantitative estimate of drug-likeness (QED) is 0.910. The van der Waals surface area contributed by atoms with Gasteiger partial charge >= 0.3 is 0 Å². The van der Waals surface area contributed by atoms with Crippen LogP contribution in [0.5, 0.6) is 0 Å². The third kappa shape index (κ3) is 2.48. The minimum atomic E-state index is 0.192. The van der Waals surface area contributed by atoms with Crippen LogP contribution in [0.4, 0.5) is 5.69 Å². The highest BCUT2D eigenvalue weighted by Gasteiger charge is 2.45. The molecule has 2 aliphatic rings. The van der Waals surface area contributed by atoms with Crippen molar-refractivity contribution in [3.05, 3.63) is 29.8 Å². The van der Waals surface area contributed by atoms with Gasteiger partial charge in [-0.3, -0.25) is 0 Å². The molecule has 2 heteroatoms. The Balaban J connectivity index is 2.04. The maximum atomic E-state index is 6.40. The zero-order valence-corrected chi connectivity index (χ0v) is 13.6. The van der Waals surface area contributed by atoms with Gasteiger partial charge in [0.2, 0.25) is 0 Å². The highest BCUT2D eigenvalue weighted by Crippen LogP contribution is 2.45. The Morgan fingerprint density at radius 2 is 2.10 bits per heavy atom. The van der Waals surface area contributed by atoms with Gasteiger partial charge in [0.25, 0.3) is 0 Å².